The molecule has 2 rings (SSSR count). The van der Waals surface area contributed by atoms with Crippen LogP contribution >= 0.6 is 0 Å². The topological polar surface area (TPSA) is 49.5 Å². The minimum atomic E-state index is -4.61. The molecule has 1 fully saturated rings. The van der Waals surface area contributed by atoms with Crippen molar-refractivity contribution >= 4 is 0 Å². The van der Waals surface area contributed by atoms with Crippen LogP contribution in [0.15, 0.2) is 24.3 Å². The lowest BCUT2D eigenvalue weighted by atomic mass is 9.89. The van der Waals surface area contributed by atoms with Crippen molar-refractivity contribution in [2.45, 2.75) is 37.1 Å². The van der Waals surface area contributed by atoms with Gasteiger partial charge in [0.15, 0.2) is 5.60 Å². The summed E-state index contributed by atoms with van der Waals surface area (Å²) in [4.78, 5) is 1.84. The Bertz CT molecular complexity index is 499. The number of halogens is 4. The van der Waals surface area contributed by atoms with E-state index in [9.17, 15) is 22.7 Å². The number of benzene rings is 1. The molecule has 0 amide bonds. The number of nitrogens with zero attached hydrogens (tertiary/aromatic N) is 1. The molecule has 0 aromatic heterocycles. The van der Waals surface area contributed by atoms with E-state index in [-0.39, 0.29) is 44.3 Å². The van der Waals surface area contributed by atoms with Crippen LogP contribution in [0.1, 0.15) is 18.4 Å². The van der Waals surface area contributed by atoms with Crippen LogP contribution in [0.5, 0.6) is 0 Å². The first-order valence-electron chi connectivity index (χ1n) is 7.23. The monoisotopic (exact) mass is 320 g/mol. The summed E-state index contributed by atoms with van der Waals surface area (Å²) in [5, 5.41) is 9.67. The smallest absolute Gasteiger partial charge is 0.380 e. The molecule has 1 aliphatic rings. The summed E-state index contributed by atoms with van der Waals surface area (Å²) in [5.41, 5.74) is 3.87. The molecule has 7 heteroatoms. The van der Waals surface area contributed by atoms with Crippen molar-refractivity contribution in [3.63, 3.8) is 0 Å². The molecule has 1 aromatic carbocycles. The van der Waals surface area contributed by atoms with Crippen molar-refractivity contribution in [1.29, 1.82) is 0 Å². The van der Waals surface area contributed by atoms with Gasteiger partial charge in [0.1, 0.15) is 5.82 Å². The van der Waals surface area contributed by atoms with Crippen molar-refractivity contribution in [3.8, 4) is 0 Å². The predicted octanol–water partition coefficient (Wildman–Crippen LogP) is 2.08. The second-order valence-corrected chi connectivity index (χ2v) is 5.79. The Hall–Kier alpha value is -1.18. The Morgan fingerprint density at radius 1 is 1.27 bits per heavy atom. The van der Waals surface area contributed by atoms with Crippen LogP contribution in [0.25, 0.3) is 0 Å². The van der Waals surface area contributed by atoms with Gasteiger partial charge in [0.25, 0.3) is 0 Å². The van der Waals surface area contributed by atoms with E-state index in [4.69, 9.17) is 5.73 Å². The van der Waals surface area contributed by atoms with Gasteiger partial charge < -0.3 is 10.8 Å². The van der Waals surface area contributed by atoms with E-state index in [0.717, 1.165) is 5.56 Å². The molecule has 124 valence electrons. The molecule has 0 spiro atoms. The summed E-state index contributed by atoms with van der Waals surface area (Å²) in [6, 6.07) is 5.93. The molecule has 22 heavy (non-hydrogen) atoms. The highest BCUT2D eigenvalue weighted by molar-refractivity contribution is 5.17. The normalized spacial score (nSPS) is 20.8. The number of nitrogens with two attached hydrogens (primary N) is 1. The van der Waals surface area contributed by atoms with Gasteiger partial charge in [-0.2, -0.15) is 13.2 Å². The summed E-state index contributed by atoms with van der Waals surface area (Å²) in [5.74, 6) is -0.349. The maximum Gasteiger partial charge on any atom is 0.417 e. The van der Waals surface area contributed by atoms with Crippen LogP contribution in [0.3, 0.4) is 0 Å². The molecule has 1 aliphatic heterocycles. The quantitative estimate of drug-likeness (QED) is 0.835. The molecule has 0 aliphatic carbocycles. The molecule has 0 saturated carbocycles. The molecule has 3 nitrogen and oxygen atoms in total. The predicted molar refractivity (Wildman–Crippen MR) is 74.8 cm³/mol. The fourth-order valence-corrected chi connectivity index (χ4v) is 2.84. The first kappa shape index (κ1) is 17.2. The number of aliphatic hydroxyl groups is 1. The molecule has 1 aromatic rings. The van der Waals surface area contributed by atoms with Gasteiger partial charge in [-0.3, -0.25) is 4.90 Å². The van der Waals surface area contributed by atoms with E-state index in [1.165, 1.54) is 12.1 Å². The van der Waals surface area contributed by atoms with E-state index in [0.29, 0.717) is 6.42 Å². The summed E-state index contributed by atoms with van der Waals surface area (Å²) in [6.45, 7) is 0.501. The number of rotatable bonds is 4. The standard InChI is InChI=1S/C15H20F4N2O/c16-12-3-1-2-11(8-12)9-13(10-20)21-6-4-14(22,5-7-21)15(17,18)19/h1-3,8,13,22H,4-7,9-10,20H2/t13-/m1/s1. The van der Waals surface area contributed by atoms with Crippen LogP contribution < -0.4 is 5.73 Å². The maximum absolute atomic E-state index is 13.2. The minimum Gasteiger partial charge on any atom is -0.380 e. The van der Waals surface area contributed by atoms with Crippen LogP contribution in [0, 0.1) is 5.82 Å². The molecule has 1 heterocycles. The third-order valence-corrected chi connectivity index (χ3v) is 4.30. The summed E-state index contributed by atoms with van der Waals surface area (Å²) >= 11 is 0. The largest absolute Gasteiger partial charge is 0.417 e. The zero-order chi connectivity index (χ0) is 16.4. The van der Waals surface area contributed by atoms with Crippen LogP contribution in [0.2, 0.25) is 0 Å². The third-order valence-electron chi connectivity index (χ3n) is 4.30. The molecular formula is C15H20F4N2O. The second kappa shape index (κ2) is 6.52. The fraction of sp³-hybridized carbons (Fsp3) is 0.600. The third kappa shape index (κ3) is 3.77. The van der Waals surface area contributed by atoms with E-state index in [1.807, 2.05) is 4.90 Å². The Morgan fingerprint density at radius 3 is 2.41 bits per heavy atom. The van der Waals surface area contributed by atoms with E-state index in [1.54, 1.807) is 12.1 Å². The highest BCUT2D eigenvalue weighted by Crippen LogP contribution is 2.38. The number of piperidine rings is 1. The molecule has 0 unspecified atom stereocenters. The van der Waals surface area contributed by atoms with Crippen molar-refractivity contribution in [2.24, 2.45) is 5.73 Å². The molecule has 0 radical (unpaired) electrons. The van der Waals surface area contributed by atoms with Crippen LogP contribution in [-0.4, -0.2) is 47.5 Å². The van der Waals surface area contributed by atoms with Gasteiger partial charge in [0, 0.05) is 25.7 Å². The van der Waals surface area contributed by atoms with E-state index < -0.39 is 11.8 Å². The molecule has 1 saturated heterocycles. The lowest BCUT2D eigenvalue weighted by Gasteiger charge is -2.42. The average Bonchev–Trinajstić information content (AvgIpc) is 2.45. The van der Waals surface area contributed by atoms with Crippen LogP contribution in [-0.2, 0) is 6.42 Å². The summed E-state index contributed by atoms with van der Waals surface area (Å²) in [6.07, 6.45) is -4.87. The van der Waals surface area contributed by atoms with E-state index in [2.05, 4.69) is 0 Å². The highest BCUT2D eigenvalue weighted by atomic mass is 19.4. The first-order valence-corrected chi connectivity index (χ1v) is 7.23. The van der Waals surface area contributed by atoms with Crippen molar-refractivity contribution in [3.05, 3.63) is 35.6 Å². The van der Waals surface area contributed by atoms with E-state index >= 15 is 0 Å². The fourth-order valence-electron chi connectivity index (χ4n) is 2.84. The minimum absolute atomic E-state index is 0.118. The number of hydrogen-bond donors (Lipinski definition) is 2. The van der Waals surface area contributed by atoms with Gasteiger partial charge >= 0.3 is 6.18 Å². The van der Waals surface area contributed by atoms with Gasteiger partial charge in [0.05, 0.1) is 0 Å². The van der Waals surface area contributed by atoms with Gasteiger partial charge in [-0.15, -0.1) is 0 Å². The lowest BCUT2D eigenvalue weighted by Crippen LogP contribution is -2.56. The van der Waals surface area contributed by atoms with Crippen molar-refractivity contribution in [1.82, 2.24) is 4.90 Å². The maximum atomic E-state index is 13.2. The zero-order valence-electron chi connectivity index (χ0n) is 12.1. The Kier molecular flexibility index (Phi) is 5.09. The highest BCUT2D eigenvalue weighted by Gasteiger charge is 2.54. The average molecular weight is 320 g/mol. The molecule has 3 N–H and O–H groups in total. The number of likely N-dealkylation sites (tertiary alicyclic amines) is 1. The van der Waals surface area contributed by atoms with Crippen molar-refractivity contribution in [2.75, 3.05) is 19.6 Å². The van der Waals surface area contributed by atoms with Gasteiger partial charge in [-0.05, 0) is 37.0 Å². The van der Waals surface area contributed by atoms with Gasteiger partial charge in [0.2, 0.25) is 0 Å². The molecule has 1 atom stereocenters. The Balaban J connectivity index is 1.99. The van der Waals surface area contributed by atoms with Gasteiger partial charge in [-0.1, -0.05) is 12.1 Å². The second-order valence-electron chi connectivity index (χ2n) is 5.79. The molecule has 0 bridgehead atoms. The number of alkyl halides is 3. The van der Waals surface area contributed by atoms with Crippen molar-refractivity contribution < 1.29 is 22.7 Å². The molecular weight excluding hydrogens is 300 g/mol. The first-order chi connectivity index (χ1) is 10.2. The lowest BCUT2D eigenvalue weighted by molar-refractivity contribution is -0.273. The van der Waals surface area contributed by atoms with Crippen LogP contribution in [0.4, 0.5) is 17.6 Å². The Labute approximate surface area is 126 Å². The number of hydrogen-bond acceptors (Lipinski definition) is 3. The SMILES string of the molecule is NC[C@@H](Cc1cccc(F)c1)N1CCC(O)(C(F)(F)F)CC1. The summed E-state index contributed by atoms with van der Waals surface area (Å²) in [7, 11) is 0. The van der Waals surface area contributed by atoms with Gasteiger partial charge in [-0.25, -0.2) is 4.39 Å². The summed E-state index contributed by atoms with van der Waals surface area (Å²) < 4.78 is 51.6. The zero-order valence-corrected chi connectivity index (χ0v) is 12.1. The Morgan fingerprint density at radius 2 is 1.91 bits per heavy atom.